The molecule has 0 saturated carbocycles. The largest absolute Gasteiger partial charge is 0.367 e. The average Bonchev–Trinajstić information content (AvgIpc) is 2.87. The molecular weight excluding hydrogens is 314 g/mol. The molecule has 120 valence electrons. The molecule has 1 aromatic heterocycles. The maximum absolute atomic E-state index is 12.6. The Morgan fingerprint density at radius 1 is 1.48 bits per heavy atom. The van der Waals surface area contributed by atoms with Gasteiger partial charge in [-0.3, -0.25) is 0 Å². The standard InChI is InChI=1S/C11H15F4N3O2S/c12-10(13)11(14,15)6-19-4-8-17-9(20-18-8)3-7-5-21-2-1-16-7/h7,10,16H,1-6H2. The molecule has 2 heterocycles. The molecule has 1 aliphatic heterocycles. The van der Waals surface area contributed by atoms with Gasteiger partial charge in [0.05, 0.1) is 0 Å². The molecule has 21 heavy (non-hydrogen) atoms. The van der Waals surface area contributed by atoms with E-state index in [4.69, 9.17) is 4.52 Å². The molecule has 1 fully saturated rings. The molecule has 0 amide bonds. The van der Waals surface area contributed by atoms with Crippen LogP contribution in [0.4, 0.5) is 17.6 Å². The highest BCUT2D eigenvalue weighted by atomic mass is 32.2. The average molecular weight is 329 g/mol. The first-order valence-corrected chi connectivity index (χ1v) is 7.49. The maximum Gasteiger partial charge on any atom is 0.330 e. The third-order valence-corrected chi connectivity index (χ3v) is 3.91. The first kappa shape index (κ1) is 16.5. The van der Waals surface area contributed by atoms with Crippen molar-refractivity contribution in [2.75, 3.05) is 24.7 Å². The normalized spacial score (nSPS) is 20.1. The second-order valence-electron chi connectivity index (χ2n) is 4.59. The van der Waals surface area contributed by atoms with Crippen LogP contribution in [0.2, 0.25) is 0 Å². The van der Waals surface area contributed by atoms with Crippen molar-refractivity contribution in [3.05, 3.63) is 11.7 Å². The van der Waals surface area contributed by atoms with Gasteiger partial charge in [0.2, 0.25) is 5.89 Å². The molecule has 1 saturated heterocycles. The van der Waals surface area contributed by atoms with Crippen molar-refractivity contribution in [3.63, 3.8) is 0 Å². The van der Waals surface area contributed by atoms with Crippen LogP contribution in [0.25, 0.3) is 0 Å². The summed E-state index contributed by atoms with van der Waals surface area (Å²) in [7, 11) is 0. The zero-order valence-corrected chi connectivity index (χ0v) is 11.8. The Morgan fingerprint density at radius 2 is 2.29 bits per heavy atom. The SMILES string of the molecule is FC(F)C(F)(F)COCc1noc(CC2CSCCN2)n1. The van der Waals surface area contributed by atoms with Crippen molar-refractivity contribution >= 4 is 11.8 Å². The highest BCUT2D eigenvalue weighted by molar-refractivity contribution is 7.99. The van der Waals surface area contributed by atoms with Crippen molar-refractivity contribution in [2.45, 2.75) is 31.4 Å². The summed E-state index contributed by atoms with van der Waals surface area (Å²) >= 11 is 1.82. The van der Waals surface area contributed by atoms with E-state index in [1.807, 2.05) is 11.8 Å². The van der Waals surface area contributed by atoms with E-state index < -0.39 is 25.6 Å². The van der Waals surface area contributed by atoms with Crippen LogP contribution in [0.15, 0.2) is 4.52 Å². The van der Waals surface area contributed by atoms with Crippen molar-refractivity contribution in [3.8, 4) is 0 Å². The van der Waals surface area contributed by atoms with E-state index in [-0.39, 0.29) is 11.9 Å². The van der Waals surface area contributed by atoms with Gasteiger partial charge in [0.15, 0.2) is 5.82 Å². The fourth-order valence-corrected chi connectivity index (χ4v) is 2.68. The van der Waals surface area contributed by atoms with Crippen LogP contribution >= 0.6 is 11.8 Å². The molecule has 0 radical (unpaired) electrons. The molecule has 1 atom stereocenters. The number of thioether (sulfide) groups is 1. The quantitative estimate of drug-likeness (QED) is 0.769. The number of aromatic nitrogens is 2. The van der Waals surface area contributed by atoms with Crippen LogP contribution < -0.4 is 5.32 Å². The summed E-state index contributed by atoms with van der Waals surface area (Å²) in [6.07, 6.45) is -3.22. The molecule has 0 bridgehead atoms. The lowest BCUT2D eigenvalue weighted by Gasteiger charge is -2.21. The summed E-state index contributed by atoms with van der Waals surface area (Å²) in [6, 6.07) is 0.223. The van der Waals surface area contributed by atoms with Crippen molar-refractivity contribution < 1.29 is 26.8 Å². The Morgan fingerprint density at radius 3 is 2.95 bits per heavy atom. The molecule has 0 aromatic carbocycles. The minimum absolute atomic E-state index is 0.0681. The minimum Gasteiger partial charge on any atom is -0.367 e. The van der Waals surface area contributed by atoms with Crippen LogP contribution in [0, 0.1) is 0 Å². The highest BCUT2D eigenvalue weighted by Gasteiger charge is 2.41. The number of rotatable bonds is 7. The van der Waals surface area contributed by atoms with Gasteiger partial charge in [-0.05, 0) is 0 Å². The fourth-order valence-electron chi connectivity index (χ4n) is 1.73. The summed E-state index contributed by atoms with van der Waals surface area (Å²) in [6.45, 7) is -0.865. The monoisotopic (exact) mass is 329 g/mol. The van der Waals surface area contributed by atoms with E-state index in [9.17, 15) is 17.6 Å². The van der Waals surface area contributed by atoms with Crippen LogP contribution in [-0.2, 0) is 17.8 Å². The van der Waals surface area contributed by atoms with Gasteiger partial charge in [-0.2, -0.15) is 25.5 Å². The Bertz CT molecular complexity index is 441. The van der Waals surface area contributed by atoms with Gasteiger partial charge in [0, 0.05) is 30.5 Å². The summed E-state index contributed by atoms with van der Waals surface area (Å²) in [5.74, 6) is -1.75. The highest BCUT2D eigenvalue weighted by Crippen LogP contribution is 2.23. The molecule has 1 aliphatic rings. The fraction of sp³-hybridized carbons (Fsp3) is 0.818. The molecule has 10 heteroatoms. The van der Waals surface area contributed by atoms with E-state index in [0.29, 0.717) is 12.3 Å². The Kier molecular flexibility index (Phi) is 5.82. The molecular formula is C11H15F4N3O2S. The number of nitrogens with zero attached hydrogens (tertiary/aromatic N) is 2. The van der Waals surface area contributed by atoms with Crippen LogP contribution in [0.3, 0.4) is 0 Å². The van der Waals surface area contributed by atoms with Crippen molar-refractivity contribution in [1.29, 1.82) is 0 Å². The van der Waals surface area contributed by atoms with E-state index in [2.05, 4.69) is 20.2 Å². The molecule has 2 rings (SSSR count). The lowest BCUT2D eigenvalue weighted by atomic mass is 10.2. The molecule has 1 aromatic rings. The summed E-state index contributed by atoms with van der Waals surface area (Å²) in [4.78, 5) is 3.98. The maximum atomic E-state index is 12.6. The first-order chi connectivity index (χ1) is 9.97. The van der Waals surface area contributed by atoms with Crippen LogP contribution in [-0.4, -0.2) is 53.2 Å². The van der Waals surface area contributed by atoms with Crippen molar-refractivity contribution in [2.24, 2.45) is 0 Å². The van der Waals surface area contributed by atoms with Gasteiger partial charge < -0.3 is 14.6 Å². The smallest absolute Gasteiger partial charge is 0.330 e. The lowest BCUT2D eigenvalue weighted by molar-refractivity contribution is -0.168. The number of nitrogens with one attached hydrogen (secondary N) is 1. The number of ether oxygens (including phenoxy) is 1. The topological polar surface area (TPSA) is 60.2 Å². The van der Waals surface area contributed by atoms with E-state index in [0.717, 1.165) is 18.1 Å². The summed E-state index contributed by atoms with van der Waals surface area (Å²) in [5.41, 5.74) is 0. The van der Waals surface area contributed by atoms with Crippen molar-refractivity contribution in [1.82, 2.24) is 15.5 Å². The van der Waals surface area contributed by atoms with Gasteiger partial charge in [0.1, 0.15) is 13.2 Å². The van der Waals surface area contributed by atoms with Gasteiger partial charge in [-0.1, -0.05) is 5.16 Å². The molecule has 1 N–H and O–H groups in total. The zero-order chi connectivity index (χ0) is 15.3. The molecule has 0 aliphatic carbocycles. The Labute approximate surface area is 122 Å². The predicted molar refractivity (Wildman–Crippen MR) is 67.7 cm³/mol. The second kappa shape index (κ2) is 7.41. The minimum atomic E-state index is -4.17. The van der Waals surface area contributed by atoms with Gasteiger partial charge >= 0.3 is 12.3 Å². The van der Waals surface area contributed by atoms with E-state index in [1.165, 1.54) is 0 Å². The van der Waals surface area contributed by atoms with Crippen LogP contribution in [0.5, 0.6) is 0 Å². The summed E-state index contributed by atoms with van der Waals surface area (Å²) < 4.78 is 58.5. The van der Waals surface area contributed by atoms with Gasteiger partial charge in [-0.25, -0.2) is 8.78 Å². The zero-order valence-electron chi connectivity index (χ0n) is 11.0. The number of hydrogen-bond donors (Lipinski definition) is 1. The second-order valence-corrected chi connectivity index (χ2v) is 5.74. The number of halogens is 4. The number of alkyl halides is 4. The lowest BCUT2D eigenvalue weighted by Crippen LogP contribution is -2.38. The molecule has 5 nitrogen and oxygen atoms in total. The third kappa shape index (κ3) is 5.11. The molecule has 0 spiro atoms. The van der Waals surface area contributed by atoms with Crippen LogP contribution in [0.1, 0.15) is 11.7 Å². The van der Waals surface area contributed by atoms with E-state index in [1.54, 1.807) is 0 Å². The Hall–Kier alpha value is -0.870. The van der Waals surface area contributed by atoms with Gasteiger partial charge in [0.25, 0.3) is 0 Å². The summed E-state index contributed by atoms with van der Waals surface area (Å²) in [5, 5.41) is 6.86. The molecule has 1 unspecified atom stereocenters. The number of hydrogen-bond acceptors (Lipinski definition) is 6. The Balaban J connectivity index is 1.75. The van der Waals surface area contributed by atoms with Gasteiger partial charge in [-0.15, -0.1) is 0 Å². The third-order valence-electron chi connectivity index (χ3n) is 2.77. The predicted octanol–water partition coefficient (Wildman–Crippen LogP) is 1.73. The van der Waals surface area contributed by atoms with E-state index >= 15 is 0 Å². The first-order valence-electron chi connectivity index (χ1n) is 6.33.